The molecule has 106 valence electrons. The fourth-order valence-electron chi connectivity index (χ4n) is 2.13. The Morgan fingerprint density at radius 1 is 1.48 bits per heavy atom. The lowest BCUT2D eigenvalue weighted by molar-refractivity contribution is 0.976. The molecule has 2 aromatic heterocycles. The highest BCUT2D eigenvalue weighted by molar-refractivity contribution is 7.98. The second-order valence-electron chi connectivity index (χ2n) is 4.40. The third kappa shape index (κ3) is 2.73. The van der Waals surface area contributed by atoms with E-state index in [-0.39, 0.29) is 5.28 Å². The average molecular weight is 319 g/mol. The van der Waals surface area contributed by atoms with Gasteiger partial charge in [0, 0.05) is 11.3 Å². The van der Waals surface area contributed by atoms with Crippen LogP contribution < -0.4 is 5.32 Å². The van der Waals surface area contributed by atoms with Crippen molar-refractivity contribution in [2.75, 3.05) is 11.6 Å². The zero-order chi connectivity index (χ0) is 14.8. The Kier molecular flexibility index (Phi) is 3.82. The van der Waals surface area contributed by atoms with Gasteiger partial charge in [0.1, 0.15) is 10.8 Å². The third-order valence-electron chi connectivity index (χ3n) is 3.07. The summed E-state index contributed by atoms with van der Waals surface area (Å²) in [6.07, 6.45) is 7.38. The van der Waals surface area contributed by atoms with E-state index in [0.717, 1.165) is 34.5 Å². The number of anilines is 1. The lowest BCUT2D eigenvalue weighted by Gasteiger charge is -2.12. The molecule has 0 spiro atoms. The van der Waals surface area contributed by atoms with E-state index in [0.29, 0.717) is 11.5 Å². The lowest BCUT2D eigenvalue weighted by atomic mass is 10.0. The van der Waals surface area contributed by atoms with Crippen LogP contribution in [0.5, 0.6) is 0 Å². The van der Waals surface area contributed by atoms with Crippen molar-refractivity contribution in [1.82, 2.24) is 20.2 Å². The summed E-state index contributed by atoms with van der Waals surface area (Å²) < 4.78 is 0. The van der Waals surface area contributed by atoms with Crippen LogP contribution in [0.15, 0.2) is 28.4 Å². The van der Waals surface area contributed by atoms with Crippen molar-refractivity contribution in [3.05, 3.63) is 28.7 Å². The minimum Gasteiger partial charge on any atom is -0.340 e. The second kappa shape index (κ2) is 5.76. The highest BCUT2D eigenvalue weighted by Gasteiger charge is 2.15. The molecule has 0 fully saturated rings. The van der Waals surface area contributed by atoms with Crippen molar-refractivity contribution in [2.24, 2.45) is 0 Å². The number of aromatic nitrogens is 4. The van der Waals surface area contributed by atoms with Gasteiger partial charge in [0.25, 0.3) is 0 Å². The maximum atomic E-state index is 9.00. The highest BCUT2D eigenvalue weighted by atomic mass is 35.5. The van der Waals surface area contributed by atoms with E-state index in [1.165, 1.54) is 11.8 Å². The Morgan fingerprint density at radius 2 is 2.33 bits per heavy atom. The van der Waals surface area contributed by atoms with Crippen LogP contribution in [0.1, 0.15) is 12.8 Å². The summed E-state index contributed by atoms with van der Waals surface area (Å²) in [5.41, 5.74) is 2.17. The number of allylic oxidation sites excluding steroid dienone is 3. The van der Waals surface area contributed by atoms with Crippen LogP contribution in [0, 0.1) is 11.3 Å². The average Bonchev–Trinajstić information content (AvgIpc) is 2.90. The largest absolute Gasteiger partial charge is 0.340 e. The SMILES string of the molecule is CSc1n[nH]c2nc(Cl)nc(NC3=CCCC(C#N)=C3)c12. The van der Waals surface area contributed by atoms with Gasteiger partial charge in [-0.05, 0) is 36.8 Å². The summed E-state index contributed by atoms with van der Waals surface area (Å²) in [6.45, 7) is 0. The summed E-state index contributed by atoms with van der Waals surface area (Å²) in [4.78, 5) is 8.37. The Balaban J connectivity index is 2.04. The molecule has 0 atom stereocenters. The Bertz CT molecular complexity index is 801. The van der Waals surface area contributed by atoms with Crippen molar-refractivity contribution >= 4 is 40.2 Å². The summed E-state index contributed by atoms with van der Waals surface area (Å²) in [6, 6.07) is 2.18. The van der Waals surface area contributed by atoms with Gasteiger partial charge in [-0.1, -0.05) is 6.08 Å². The molecule has 2 heterocycles. The molecule has 21 heavy (non-hydrogen) atoms. The standard InChI is InChI=1S/C13H11ClN6S/c1-21-12-9-10(17-13(14)18-11(9)19-20-12)16-8-4-2-3-7(5-8)6-15/h4-5H,2-3H2,1H3,(H2,16,17,18,19,20). The second-order valence-corrected chi connectivity index (χ2v) is 5.54. The van der Waals surface area contributed by atoms with Gasteiger partial charge in [-0.3, -0.25) is 5.10 Å². The Hall–Kier alpha value is -2.04. The van der Waals surface area contributed by atoms with Crippen molar-refractivity contribution in [1.29, 1.82) is 5.26 Å². The summed E-state index contributed by atoms with van der Waals surface area (Å²) >= 11 is 7.45. The summed E-state index contributed by atoms with van der Waals surface area (Å²) in [5, 5.41) is 21.0. The van der Waals surface area contributed by atoms with Crippen LogP contribution in [0.2, 0.25) is 5.28 Å². The Morgan fingerprint density at radius 3 is 3.10 bits per heavy atom. The smallest absolute Gasteiger partial charge is 0.226 e. The zero-order valence-corrected chi connectivity index (χ0v) is 12.7. The monoisotopic (exact) mass is 318 g/mol. The van der Waals surface area contributed by atoms with Crippen molar-refractivity contribution in [3.63, 3.8) is 0 Å². The number of aromatic amines is 1. The van der Waals surface area contributed by atoms with Crippen LogP contribution >= 0.6 is 23.4 Å². The fourth-order valence-corrected chi connectivity index (χ4v) is 2.83. The van der Waals surface area contributed by atoms with Gasteiger partial charge in [-0.2, -0.15) is 20.3 Å². The molecular formula is C13H11ClN6S. The van der Waals surface area contributed by atoms with Gasteiger partial charge in [-0.15, -0.1) is 11.8 Å². The van der Waals surface area contributed by atoms with E-state index in [1.54, 1.807) is 0 Å². The highest BCUT2D eigenvalue weighted by Crippen LogP contribution is 2.30. The lowest BCUT2D eigenvalue weighted by Crippen LogP contribution is -2.04. The number of nitriles is 1. The number of nitrogens with one attached hydrogen (secondary N) is 2. The predicted octanol–water partition coefficient (Wildman–Crippen LogP) is 3.27. The van der Waals surface area contributed by atoms with E-state index in [4.69, 9.17) is 16.9 Å². The Labute approximate surface area is 130 Å². The first kappa shape index (κ1) is 13.9. The molecule has 0 saturated heterocycles. The van der Waals surface area contributed by atoms with Gasteiger partial charge in [-0.25, -0.2) is 0 Å². The van der Waals surface area contributed by atoms with Gasteiger partial charge in [0.2, 0.25) is 5.28 Å². The van der Waals surface area contributed by atoms with Gasteiger partial charge < -0.3 is 5.32 Å². The number of fused-ring (bicyclic) bond motifs is 1. The molecule has 1 aliphatic rings. The number of thioether (sulfide) groups is 1. The number of H-pyrrole nitrogens is 1. The van der Waals surface area contributed by atoms with E-state index >= 15 is 0 Å². The van der Waals surface area contributed by atoms with Crippen molar-refractivity contribution in [2.45, 2.75) is 17.9 Å². The molecule has 0 unspecified atom stereocenters. The number of halogens is 1. The third-order valence-corrected chi connectivity index (χ3v) is 3.92. The minimum absolute atomic E-state index is 0.141. The first-order valence-electron chi connectivity index (χ1n) is 6.24. The molecule has 0 radical (unpaired) electrons. The van der Waals surface area contributed by atoms with Crippen LogP contribution in [0.25, 0.3) is 11.0 Å². The molecule has 3 rings (SSSR count). The quantitative estimate of drug-likeness (QED) is 0.666. The maximum absolute atomic E-state index is 9.00. The van der Waals surface area contributed by atoms with Crippen molar-refractivity contribution in [3.8, 4) is 6.07 Å². The molecule has 6 nitrogen and oxygen atoms in total. The van der Waals surface area contributed by atoms with E-state index in [1.807, 2.05) is 18.4 Å². The predicted molar refractivity (Wildman–Crippen MR) is 83.1 cm³/mol. The zero-order valence-electron chi connectivity index (χ0n) is 11.1. The maximum Gasteiger partial charge on any atom is 0.226 e. The molecule has 1 aliphatic carbocycles. The molecule has 0 aliphatic heterocycles. The molecule has 0 aromatic carbocycles. The molecular weight excluding hydrogens is 308 g/mol. The van der Waals surface area contributed by atoms with E-state index < -0.39 is 0 Å². The molecule has 8 heteroatoms. The fraction of sp³-hybridized carbons (Fsp3) is 0.231. The van der Waals surface area contributed by atoms with Crippen LogP contribution in [0.3, 0.4) is 0 Å². The molecule has 0 amide bonds. The molecule has 0 bridgehead atoms. The minimum atomic E-state index is 0.141. The normalized spacial score (nSPS) is 14.5. The van der Waals surface area contributed by atoms with Crippen LogP contribution in [0.4, 0.5) is 5.82 Å². The van der Waals surface area contributed by atoms with E-state index in [2.05, 4.69) is 31.6 Å². The summed E-state index contributed by atoms with van der Waals surface area (Å²) in [5.74, 6) is 0.588. The number of hydrogen-bond donors (Lipinski definition) is 2. The van der Waals surface area contributed by atoms with Crippen molar-refractivity contribution < 1.29 is 0 Å². The van der Waals surface area contributed by atoms with Gasteiger partial charge in [0.15, 0.2) is 5.65 Å². The van der Waals surface area contributed by atoms with Gasteiger partial charge in [0.05, 0.1) is 11.5 Å². The topological polar surface area (TPSA) is 90.3 Å². The molecule has 2 N–H and O–H groups in total. The number of rotatable bonds is 3. The number of nitrogens with zero attached hydrogens (tertiary/aromatic N) is 4. The first-order valence-corrected chi connectivity index (χ1v) is 7.85. The first-order chi connectivity index (χ1) is 10.2. The molecule has 2 aromatic rings. The van der Waals surface area contributed by atoms with Crippen LogP contribution in [-0.4, -0.2) is 26.4 Å². The van der Waals surface area contributed by atoms with Crippen LogP contribution in [-0.2, 0) is 0 Å². The summed E-state index contributed by atoms with van der Waals surface area (Å²) in [7, 11) is 0. The molecule has 0 saturated carbocycles. The number of hydrogen-bond acceptors (Lipinski definition) is 6. The van der Waals surface area contributed by atoms with E-state index in [9.17, 15) is 0 Å². The van der Waals surface area contributed by atoms with Gasteiger partial charge >= 0.3 is 0 Å².